The van der Waals surface area contributed by atoms with Crippen molar-refractivity contribution in [2.45, 2.75) is 19.8 Å². The second kappa shape index (κ2) is 3.97. The maximum atomic E-state index is 11.1. The first-order valence-electron chi connectivity index (χ1n) is 5.35. The van der Waals surface area contributed by atoms with Crippen LogP contribution in [-0.2, 0) is 0 Å². The molecular weight excluding hydrogens is 200 g/mol. The molecule has 0 spiro atoms. The van der Waals surface area contributed by atoms with Crippen LogP contribution in [0.3, 0.4) is 0 Å². The molecule has 0 amide bonds. The largest absolute Gasteiger partial charge is 0.478 e. The zero-order chi connectivity index (χ0) is 11.7. The van der Waals surface area contributed by atoms with Gasteiger partial charge in [0.2, 0.25) is 0 Å². The molecule has 2 heteroatoms. The highest BCUT2D eigenvalue weighted by molar-refractivity contribution is 5.97. The van der Waals surface area contributed by atoms with E-state index in [9.17, 15) is 4.79 Å². The molecule has 0 aromatic heterocycles. The number of hydrogen-bond acceptors (Lipinski definition) is 1. The van der Waals surface area contributed by atoms with Crippen molar-refractivity contribution in [3.05, 3.63) is 47.5 Å². The lowest BCUT2D eigenvalue weighted by Crippen LogP contribution is -1.95. The molecule has 0 radical (unpaired) electrons. The van der Waals surface area contributed by atoms with Gasteiger partial charge in [-0.2, -0.15) is 0 Å². The van der Waals surface area contributed by atoms with Crippen molar-refractivity contribution in [3.63, 3.8) is 0 Å². The molecule has 1 N–H and O–H groups in total. The van der Waals surface area contributed by atoms with Gasteiger partial charge in [-0.3, -0.25) is 0 Å². The molecule has 0 heterocycles. The lowest BCUT2D eigenvalue weighted by molar-refractivity contribution is 0.0698. The van der Waals surface area contributed by atoms with E-state index in [2.05, 4.69) is 13.8 Å². The Kier molecular flexibility index (Phi) is 2.65. The molecule has 0 aromatic carbocycles. The SMILES string of the molecule is CC(C)c1cccc2ccc(C(=O)O)c-2c1. The highest BCUT2D eigenvalue weighted by Gasteiger charge is 2.14. The van der Waals surface area contributed by atoms with Crippen molar-refractivity contribution in [3.8, 4) is 11.1 Å². The van der Waals surface area contributed by atoms with Gasteiger partial charge in [0, 0.05) is 0 Å². The molecule has 0 saturated carbocycles. The summed E-state index contributed by atoms with van der Waals surface area (Å²) >= 11 is 0. The molecular formula is C14H14O2. The normalized spacial score (nSPS) is 10.9. The van der Waals surface area contributed by atoms with Gasteiger partial charge in [-0.1, -0.05) is 44.2 Å². The molecule has 2 rings (SSSR count). The number of carboxylic acid groups (broad SMARTS) is 1. The molecule has 0 fully saturated rings. The van der Waals surface area contributed by atoms with E-state index < -0.39 is 5.97 Å². The van der Waals surface area contributed by atoms with Crippen LogP contribution in [0.2, 0.25) is 0 Å². The molecule has 0 unspecified atom stereocenters. The first-order valence-corrected chi connectivity index (χ1v) is 5.35. The third kappa shape index (κ3) is 1.78. The molecule has 16 heavy (non-hydrogen) atoms. The van der Waals surface area contributed by atoms with Crippen LogP contribution < -0.4 is 0 Å². The van der Waals surface area contributed by atoms with Gasteiger partial charge < -0.3 is 5.11 Å². The number of rotatable bonds is 2. The Morgan fingerprint density at radius 2 is 1.94 bits per heavy atom. The summed E-state index contributed by atoms with van der Waals surface area (Å²) < 4.78 is 0. The standard InChI is InChI=1S/C14H14O2/c1-9(2)11-5-3-4-10-6-7-12(14(15)16)13(10)8-11/h3-9H,1-2H3,(H,15,16). The van der Waals surface area contributed by atoms with E-state index in [-0.39, 0.29) is 0 Å². The number of carbonyl (C=O) groups is 1. The van der Waals surface area contributed by atoms with E-state index in [4.69, 9.17) is 5.11 Å². The maximum Gasteiger partial charge on any atom is 0.336 e. The highest BCUT2D eigenvalue weighted by atomic mass is 16.4. The van der Waals surface area contributed by atoms with Gasteiger partial charge in [-0.15, -0.1) is 0 Å². The predicted molar refractivity (Wildman–Crippen MR) is 64.1 cm³/mol. The fourth-order valence-corrected chi connectivity index (χ4v) is 1.84. The fourth-order valence-electron chi connectivity index (χ4n) is 1.84. The summed E-state index contributed by atoms with van der Waals surface area (Å²) in [5, 5.41) is 9.08. The van der Waals surface area contributed by atoms with Gasteiger partial charge in [-0.05, 0) is 28.7 Å². The molecule has 0 atom stereocenters. The quantitative estimate of drug-likeness (QED) is 0.829. The third-order valence-corrected chi connectivity index (χ3v) is 2.80. The Morgan fingerprint density at radius 1 is 1.19 bits per heavy atom. The predicted octanol–water partition coefficient (Wildman–Crippen LogP) is 3.61. The number of fused-ring (bicyclic) bond motifs is 1. The zero-order valence-electron chi connectivity index (χ0n) is 9.40. The summed E-state index contributed by atoms with van der Waals surface area (Å²) in [7, 11) is 0. The Labute approximate surface area is 94.9 Å². The van der Waals surface area contributed by atoms with Crippen LogP contribution in [0.5, 0.6) is 0 Å². The van der Waals surface area contributed by atoms with E-state index >= 15 is 0 Å². The minimum absolute atomic E-state index is 0.383. The zero-order valence-corrected chi connectivity index (χ0v) is 9.40. The van der Waals surface area contributed by atoms with Crippen LogP contribution in [0.1, 0.15) is 35.7 Å². The molecule has 0 saturated heterocycles. The minimum Gasteiger partial charge on any atom is -0.478 e. The van der Waals surface area contributed by atoms with Crippen LogP contribution in [0, 0.1) is 0 Å². The summed E-state index contributed by atoms with van der Waals surface area (Å²) in [6, 6.07) is 11.5. The van der Waals surface area contributed by atoms with Crippen molar-refractivity contribution in [2.75, 3.05) is 0 Å². The fraction of sp³-hybridized carbons (Fsp3) is 0.214. The first kappa shape index (κ1) is 10.7. The molecule has 0 aliphatic heterocycles. The van der Waals surface area contributed by atoms with Gasteiger partial charge in [0.25, 0.3) is 0 Å². The van der Waals surface area contributed by atoms with Crippen LogP contribution in [0.25, 0.3) is 11.1 Å². The molecule has 82 valence electrons. The van der Waals surface area contributed by atoms with Crippen LogP contribution in [0.4, 0.5) is 0 Å². The van der Waals surface area contributed by atoms with Gasteiger partial charge >= 0.3 is 5.97 Å². The molecule has 2 aliphatic carbocycles. The summed E-state index contributed by atoms with van der Waals surface area (Å²) in [5.41, 5.74) is 3.34. The summed E-state index contributed by atoms with van der Waals surface area (Å²) in [5.74, 6) is -0.469. The van der Waals surface area contributed by atoms with Gasteiger partial charge in [0.15, 0.2) is 0 Å². The van der Waals surface area contributed by atoms with Crippen molar-refractivity contribution in [1.82, 2.24) is 0 Å². The van der Waals surface area contributed by atoms with E-state index in [1.54, 1.807) is 6.07 Å². The van der Waals surface area contributed by atoms with Crippen LogP contribution >= 0.6 is 0 Å². The monoisotopic (exact) mass is 214 g/mol. The van der Waals surface area contributed by atoms with Gasteiger partial charge in [-0.25, -0.2) is 4.79 Å². The van der Waals surface area contributed by atoms with Crippen LogP contribution in [0.15, 0.2) is 36.4 Å². The van der Waals surface area contributed by atoms with Crippen molar-refractivity contribution >= 4 is 5.97 Å². The van der Waals surface area contributed by atoms with Crippen molar-refractivity contribution in [1.29, 1.82) is 0 Å². The number of aromatic carboxylic acids is 1. The van der Waals surface area contributed by atoms with Crippen molar-refractivity contribution < 1.29 is 9.90 Å². The molecule has 0 aromatic rings. The highest BCUT2D eigenvalue weighted by Crippen LogP contribution is 2.29. The van der Waals surface area contributed by atoms with Crippen LogP contribution in [-0.4, -0.2) is 11.1 Å². The average molecular weight is 214 g/mol. The van der Waals surface area contributed by atoms with E-state index in [1.165, 1.54) is 0 Å². The Hall–Kier alpha value is -1.83. The summed E-state index contributed by atoms with van der Waals surface area (Å²) in [6.45, 7) is 4.20. The first-order chi connectivity index (χ1) is 7.59. The van der Waals surface area contributed by atoms with Crippen molar-refractivity contribution in [2.24, 2.45) is 0 Å². The topological polar surface area (TPSA) is 37.3 Å². The minimum atomic E-state index is -0.865. The number of hydrogen-bond donors (Lipinski definition) is 1. The maximum absolute atomic E-state index is 11.1. The molecule has 2 aliphatic rings. The second-order valence-electron chi connectivity index (χ2n) is 4.25. The van der Waals surface area contributed by atoms with E-state index in [1.807, 2.05) is 30.3 Å². The molecule has 2 nitrogen and oxygen atoms in total. The Balaban J connectivity index is 2.66. The summed E-state index contributed by atoms with van der Waals surface area (Å²) in [4.78, 5) is 11.1. The van der Waals surface area contributed by atoms with E-state index in [0.717, 1.165) is 16.7 Å². The Bertz CT molecular complexity index is 500. The Morgan fingerprint density at radius 3 is 2.56 bits per heavy atom. The third-order valence-electron chi connectivity index (χ3n) is 2.80. The van der Waals surface area contributed by atoms with Gasteiger partial charge in [0.05, 0.1) is 5.56 Å². The smallest absolute Gasteiger partial charge is 0.336 e. The lowest BCUT2D eigenvalue weighted by Gasteiger charge is -2.03. The summed E-state index contributed by atoms with van der Waals surface area (Å²) in [6.07, 6.45) is 0. The van der Waals surface area contributed by atoms with E-state index in [0.29, 0.717) is 11.5 Å². The molecule has 0 bridgehead atoms. The second-order valence-corrected chi connectivity index (χ2v) is 4.25. The van der Waals surface area contributed by atoms with Gasteiger partial charge in [0.1, 0.15) is 0 Å². The average Bonchev–Trinajstić information content (AvgIpc) is 2.48. The lowest BCUT2D eigenvalue weighted by atomic mass is 10.0. The number of carboxylic acids is 1.